The number of rotatable bonds is 5. The maximum Gasteiger partial charge on any atom is 0.220 e. The molecule has 2 aliphatic carbocycles. The van der Waals surface area contributed by atoms with Crippen molar-refractivity contribution in [1.82, 2.24) is 15.0 Å². The molecule has 0 saturated heterocycles. The molecule has 1 aromatic carbocycles. The lowest BCUT2D eigenvalue weighted by atomic mass is 9.84. The second kappa shape index (κ2) is 7.54. The minimum Gasteiger partial charge on any atom is -0.477 e. The van der Waals surface area contributed by atoms with Gasteiger partial charge in [-0.1, -0.05) is 24.3 Å². The van der Waals surface area contributed by atoms with Crippen LogP contribution >= 0.6 is 0 Å². The van der Waals surface area contributed by atoms with Gasteiger partial charge in [-0.25, -0.2) is 4.98 Å². The average molecular weight is 387 g/mol. The third kappa shape index (κ3) is 3.86. The van der Waals surface area contributed by atoms with Gasteiger partial charge in [0.1, 0.15) is 11.6 Å². The predicted octanol–water partition coefficient (Wildman–Crippen LogP) is 4.74. The van der Waals surface area contributed by atoms with Crippen molar-refractivity contribution >= 4 is 16.7 Å². The Bertz CT molecular complexity index is 1050. The van der Waals surface area contributed by atoms with Crippen molar-refractivity contribution < 1.29 is 9.53 Å². The smallest absolute Gasteiger partial charge is 0.220 e. The van der Waals surface area contributed by atoms with Crippen LogP contribution in [0.15, 0.2) is 42.6 Å². The normalized spacial score (nSPS) is 22.0. The number of hydrogen-bond acceptors (Lipinski definition) is 5. The Morgan fingerprint density at radius 2 is 1.90 bits per heavy atom. The molecule has 2 saturated carbocycles. The summed E-state index contributed by atoms with van der Waals surface area (Å²) < 4.78 is 6.20. The van der Waals surface area contributed by atoms with Gasteiger partial charge in [0.25, 0.3) is 0 Å². The molecule has 5 rings (SSSR count). The minimum atomic E-state index is 0.320. The van der Waals surface area contributed by atoms with Gasteiger partial charge in [-0.05, 0) is 44.2 Å². The number of hydrogen-bond donors (Lipinski definition) is 0. The summed E-state index contributed by atoms with van der Waals surface area (Å²) in [6.07, 6.45) is 6.03. The molecule has 0 bridgehead atoms. The van der Waals surface area contributed by atoms with E-state index in [9.17, 15) is 4.79 Å². The molecule has 3 aromatic rings. The molecule has 0 unspecified atom stereocenters. The molecule has 0 N–H and O–H groups in total. The van der Waals surface area contributed by atoms with Gasteiger partial charge in [0.05, 0.1) is 12.1 Å². The molecule has 0 amide bonds. The lowest BCUT2D eigenvalue weighted by Gasteiger charge is -2.22. The van der Waals surface area contributed by atoms with Crippen LogP contribution in [0.1, 0.15) is 61.0 Å². The number of carbonyl (C=O) groups is 1. The summed E-state index contributed by atoms with van der Waals surface area (Å²) in [6, 6.07) is 12.5. The molecular formula is C24H25N3O2. The summed E-state index contributed by atoms with van der Waals surface area (Å²) in [4.78, 5) is 25.4. The Morgan fingerprint density at radius 1 is 1.07 bits per heavy atom. The molecule has 5 nitrogen and oxygen atoms in total. The number of ether oxygens (including phenoxy) is 1. The zero-order valence-electron chi connectivity index (χ0n) is 16.7. The lowest BCUT2D eigenvalue weighted by Crippen LogP contribution is -2.15. The fraction of sp³-hybridized carbons (Fsp3) is 0.417. The summed E-state index contributed by atoms with van der Waals surface area (Å²) >= 11 is 0. The van der Waals surface area contributed by atoms with E-state index in [1.807, 2.05) is 25.3 Å². The van der Waals surface area contributed by atoms with Gasteiger partial charge in [-0.15, -0.1) is 0 Å². The van der Waals surface area contributed by atoms with Gasteiger partial charge >= 0.3 is 0 Å². The second-order valence-corrected chi connectivity index (χ2v) is 8.33. The highest BCUT2D eigenvalue weighted by Gasteiger charge is 2.40. The molecule has 29 heavy (non-hydrogen) atoms. The Morgan fingerprint density at radius 3 is 2.76 bits per heavy atom. The van der Waals surface area contributed by atoms with Crippen LogP contribution in [0.4, 0.5) is 0 Å². The largest absolute Gasteiger partial charge is 0.477 e. The van der Waals surface area contributed by atoms with E-state index in [4.69, 9.17) is 9.72 Å². The van der Waals surface area contributed by atoms with Crippen molar-refractivity contribution in [2.45, 2.75) is 50.9 Å². The molecule has 2 atom stereocenters. The number of para-hydroxylation sites is 1. The monoisotopic (exact) mass is 387 g/mol. The van der Waals surface area contributed by atoms with Gasteiger partial charge in [-0.2, -0.15) is 4.98 Å². The molecule has 0 radical (unpaired) electrons. The highest BCUT2D eigenvalue weighted by atomic mass is 16.5. The topological polar surface area (TPSA) is 65.0 Å². The van der Waals surface area contributed by atoms with Crippen LogP contribution in [0, 0.1) is 12.8 Å². The minimum absolute atomic E-state index is 0.320. The fourth-order valence-corrected chi connectivity index (χ4v) is 4.37. The number of ketones is 1. The Balaban J connectivity index is 1.27. The first-order chi connectivity index (χ1) is 14.2. The quantitative estimate of drug-likeness (QED) is 0.632. The van der Waals surface area contributed by atoms with Gasteiger partial charge in [0.15, 0.2) is 0 Å². The molecule has 148 valence electrons. The molecule has 0 spiro atoms. The van der Waals surface area contributed by atoms with E-state index in [2.05, 4.69) is 34.2 Å². The zero-order chi connectivity index (χ0) is 19.8. The third-order valence-corrected chi connectivity index (χ3v) is 6.24. The highest BCUT2D eigenvalue weighted by molar-refractivity contribution is 5.79. The van der Waals surface area contributed by atoms with E-state index in [0.717, 1.165) is 41.9 Å². The van der Waals surface area contributed by atoms with E-state index in [-0.39, 0.29) is 0 Å². The molecule has 0 aliphatic heterocycles. The first-order valence-electron chi connectivity index (χ1n) is 10.5. The fourth-order valence-electron chi connectivity index (χ4n) is 4.37. The number of aryl methyl sites for hydroxylation is 1. The summed E-state index contributed by atoms with van der Waals surface area (Å²) in [5.74, 6) is 3.03. The number of benzene rings is 1. The van der Waals surface area contributed by atoms with Crippen LogP contribution in [0.25, 0.3) is 10.9 Å². The van der Waals surface area contributed by atoms with Crippen molar-refractivity contribution in [2.24, 2.45) is 5.92 Å². The number of nitrogens with zero attached hydrogens (tertiary/aromatic N) is 3. The van der Waals surface area contributed by atoms with Crippen LogP contribution in [-0.2, 0) is 4.79 Å². The molecule has 5 heteroatoms. The Labute approximate surface area is 170 Å². The SMILES string of the molecule is Cc1ncc(C2CCC(=O)CC2)c(OC[C@H]2C[C@@H]2c2ccc3ccccc3n2)n1. The summed E-state index contributed by atoms with van der Waals surface area (Å²) in [7, 11) is 0. The van der Waals surface area contributed by atoms with E-state index in [0.29, 0.717) is 48.9 Å². The number of aromatic nitrogens is 3. The van der Waals surface area contributed by atoms with Crippen molar-refractivity contribution in [3.63, 3.8) is 0 Å². The standard InChI is InChI=1S/C24H25N3O2/c1-15-25-13-21(16-6-9-19(28)10-7-16)24(26-15)29-14-18-12-20(18)23-11-8-17-4-2-3-5-22(17)27-23/h2-5,8,11,13,16,18,20H,6-7,9-10,12,14H2,1H3/t18-,20+/m1/s1. The number of Topliss-reactive ketones (excluding diaryl/α,β-unsaturated/α-hetero) is 1. The van der Waals surface area contributed by atoms with E-state index in [1.54, 1.807) is 0 Å². The van der Waals surface area contributed by atoms with Crippen molar-refractivity contribution in [1.29, 1.82) is 0 Å². The molecule has 2 heterocycles. The number of carbonyl (C=O) groups excluding carboxylic acids is 1. The summed E-state index contributed by atoms with van der Waals surface area (Å²) in [6.45, 7) is 2.54. The highest BCUT2D eigenvalue weighted by Crippen LogP contribution is 2.47. The maximum absolute atomic E-state index is 11.6. The number of pyridine rings is 1. The average Bonchev–Trinajstić information content (AvgIpc) is 3.52. The van der Waals surface area contributed by atoms with Crippen molar-refractivity contribution in [2.75, 3.05) is 6.61 Å². The van der Waals surface area contributed by atoms with Crippen LogP contribution < -0.4 is 4.74 Å². The summed E-state index contributed by atoms with van der Waals surface area (Å²) in [5, 5.41) is 1.18. The van der Waals surface area contributed by atoms with Gasteiger partial charge < -0.3 is 4.74 Å². The maximum atomic E-state index is 11.6. The first kappa shape index (κ1) is 18.2. The zero-order valence-corrected chi connectivity index (χ0v) is 16.7. The van der Waals surface area contributed by atoms with Gasteiger partial charge in [0, 0.05) is 47.5 Å². The van der Waals surface area contributed by atoms with Crippen LogP contribution in [0.5, 0.6) is 5.88 Å². The molecule has 2 aliphatic rings. The second-order valence-electron chi connectivity index (χ2n) is 8.33. The molecule has 2 fully saturated rings. The van der Waals surface area contributed by atoms with E-state index in [1.165, 1.54) is 5.39 Å². The van der Waals surface area contributed by atoms with Gasteiger partial charge in [-0.3, -0.25) is 9.78 Å². The first-order valence-corrected chi connectivity index (χ1v) is 10.5. The van der Waals surface area contributed by atoms with Crippen molar-refractivity contribution in [3.05, 3.63) is 59.7 Å². The van der Waals surface area contributed by atoms with Crippen LogP contribution in [0.2, 0.25) is 0 Å². The predicted molar refractivity (Wildman–Crippen MR) is 111 cm³/mol. The van der Waals surface area contributed by atoms with Gasteiger partial charge in [0.2, 0.25) is 5.88 Å². The van der Waals surface area contributed by atoms with Crippen LogP contribution in [-0.4, -0.2) is 27.3 Å². The molecule has 2 aromatic heterocycles. The molecular weight excluding hydrogens is 362 g/mol. The van der Waals surface area contributed by atoms with E-state index >= 15 is 0 Å². The Hall–Kier alpha value is -2.82. The third-order valence-electron chi connectivity index (χ3n) is 6.24. The lowest BCUT2D eigenvalue weighted by molar-refractivity contribution is -0.120. The van der Waals surface area contributed by atoms with E-state index < -0.39 is 0 Å². The van der Waals surface area contributed by atoms with Crippen molar-refractivity contribution in [3.8, 4) is 5.88 Å². The summed E-state index contributed by atoms with van der Waals surface area (Å²) in [5.41, 5.74) is 3.27. The Kier molecular flexibility index (Phi) is 4.74. The number of fused-ring (bicyclic) bond motifs is 1. The van der Waals surface area contributed by atoms with Crippen LogP contribution in [0.3, 0.4) is 0 Å².